The molecular formula is C41H54N6O7. The summed E-state index contributed by atoms with van der Waals surface area (Å²) < 4.78 is 6.35. The monoisotopic (exact) mass is 742 g/mol. The van der Waals surface area contributed by atoms with Crippen LogP contribution in [0.2, 0.25) is 0 Å². The molecule has 3 aliphatic rings. The zero-order valence-corrected chi connectivity index (χ0v) is 31.9. The van der Waals surface area contributed by atoms with Gasteiger partial charge in [0.25, 0.3) is 0 Å². The predicted octanol–water partition coefficient (Wildman–Crippen LogP) is 3.84. The minimum atomic E-state index is -1.20. The lowest BCUT2D eigenvalue weighted by Crippen LogP contribution is -2.54. The van der Waals surface area contributed by atoms with Crippen molar-refractivity contribution in [3.05, 3.63) is 77.1 Å². The quantitative estimate of drug-likeness (QED) is 0.163. The van der Waals surface area contributed by atoms with Crippen molar-refractivity contribution in [3.63, 3.8) is 0 Å². The van der Waals surface area contributed by atoms with Gasteiger partial charge in [-0.25, -0.2) is 9.48 Å². The number of carbonyl (C=O) groups excluding carboxylic acids is 4. The number of aromatic hydroxyl groups is 1. The second-order valence-electron chi connectivity index (χ2n) is 16.2. The molecule has 1 heterocycles. The minimum absolute atomic E-state index is 0.0416. The Balaban J connectivity index is 1.06. The molecule has 2 aromatic carbocycles. The number of carbonyl (C=O) groups is 4. The molecule has 13 heteroatoms. The normalized spacial score (nSPS) is 26.0. The van der Waals surface area contributed by atoms with Crippen molar-refractivity contribution >= 4 is 23.7 Å². The molecule has 6 rings (SSSR count). The lowest BCUT2D eigenvalue weighted by molar-refractivity contribution is -0.145. The first kappa shape index (κ1) is 38.9. The predicted molar refractivity (Wildman–Crippen MR) is 200 cm³/mol. The van der Waals surface area contributed by atoms with E-state index in [-0.39, 0.29) is 18.9 Å². The number of benzene rings is 2. The summed E-state index contributed by atoms with van der Waals surface area (Å²) in [7, 11) is 1.26. The van der Waals surface area contributed by atoms with E-state index >= 15 is 0 Å². The van der Waals surface area contributed by atoms with E-state index in [1.165, 1.54) is 22.9 Å². The first-order valence-electron chi connectivity index (χ1n) is 19.2. The van der Waals surface area contributed by atoms with Gasteiger partial charge in [-0.1, -0.05) is 62.4 Å². The number of hydrogen-bond donors (Lipinski definition) is 5. The van der Waals surface area contributed by atoms with Crippen LogP contribution >= 0.6 is 0 Å². The largest absolute Gasteiger partial charge is 0.508 e. The number of esters is 1. The number of methoxy groups -OCH3 is 1. The van der Waals surface area contributed by atoms with Gasteiger partial charge in [0.15, 0.2) is 0 Å². The minimum Gasteiger partial charge on any atom is -0.508 e. The lowest BCUT2D eigenvalue weighted by Gasteiger charge is -2.52. The molecule has 0 saturated heterocycles. The van der Waals surface area contributed by atoms with Crippen molar-refractivity contribution in [2.24, 2.45) is 23.2 Å². The molecule has 3 amide bonds. The Hall–Kier alpha value is -4.78. The van der Waals surface area contributed by atoms with E-state index in [1.54, 1.807) is 19.2 Å². The van der Waals surface area contributed by atoms with Crippen LogP contribution in [-0.2, 0) is 42.4 Å². The van der Waals surface area contributed by atoms with Crippen LogP contribution in [0.25, 0.3) is 0 Å². The highest BCUT2D eigenvalue weighted by Crippen LogP contribution is 2.66. The molecule has 13 nitrogen and oxygen atoms in total. The zero-order chi connectivity index (χ0) is 38.8. The molecule has 3 aliphatic carbocycles. The molecule has 3 aromatic rings. The highest BCUT2D eigenvalue weighted by molar-refractivity contribution is 5.92. The summed E-state index contributed by atoms with van der Waals surface area (Å²) >= 11 is 0. The van der Waals surface area contributed by atoms with Crippen LogP contribution in [-0.4, -0.2) is 74.6 Å². The molecule has 5 N–H and O–H groups in total. The van der Waals surface area contributed by atoms with Crippen molar-refractivity contribution in [2.75, 3.05) is 13.7 Å². The number of amides is 3. The number of aryl methyl sites for hydroxylation is 1. The third kappa shape index (κ3) is 7.73. The summed E-state index contributed by atoms with van der Waals surface area (Å²) in [5.41, 5.74) is 2.22. The van der Waals surface area contributed by atoms with Crippen LogP contribution in [0.5, 0.6) is 5.75 Å². The van der Waals surface area contributed by atoms with Crippen LogP contribution < -0.4 is 16.0 Å². The summed E-state index contributed by atoms with van der Waals surface area (Å²) in [5, 5.41) is 39.1. The molecular weight excluding hydrogens is 688 g/mol. The first-order valence-corrected chi connectivity index (χ1v) is 19.2. The van der Waals surface area contributed by atoms with E-state index in [0.29, 0.717) is 42.0 Å². The molecule has 54 heavy (non-hydrogen) atoms. The van der Waals surface area contributed by atoms with Gasteiger partial charge in [-0.3, -0.25) is 14.4 Å². The maximum Gasteiger partial charge on any atom is 0.328 e. The van der Waals surface area contributed by atoms with Crippen LogP contribution in [0.3, 0.4) is 0 Å². The summed E-state index contributed by atoms with van der Waals surface area (Å²) in [6, 6.07) is 12.3. The van der Waals surface area contributed by atoms with Gasteiger partial charge < -0.3 is 30.9 Å². The van der Waals surface area contributed by atoms with Crippen LogP contribution in [0.15, 0.2) is 54.7 Å². The number of aliphatic hydroxyl groups is 1. The number of phenols is 1. The van der Waals surface area contributed by atoms with E-state index in [9.17, 15) is 29.4 Å². The lowest BCUT2D eigenvalue weighted by atomic mass is 9.53. The fourth-order valence-electron chi connectivity index (χ4n) is 9.50. The Morgan fingerprint density at radius 3 is 2.46 bits per heavy atom. The van der Waals surface area contributed by atoms with Gasteiger partial charge in [0, 0.05) is 11.8 Å². The highest BCUT2D eigenvalue weighted by atomic mass is 16.5. The average molecular weight is 743 g/mol. The highest BCUT2D eigenvalue weighted by Gasteiger charge is 2.63. The van der Waals surface area contributed by atoms with Crippen LogP contribution in [0, 0.1) is 23.2 Å². The second kappa shape index (κ2) is 15.9. The van der Waals surface area contributed by atoms with Crippen molar-refractivity contribution in [2.45, 2.75) is 109 Å². The fourth-order valence-corrected chi connectivity index (χ4v) is 9.50. The van der Waals surface area contributed by atoms with E-state index in [0.717, 1.165) is 37.7 Å². The maximum absolute atomic E-state index is 13.4. The Kier molecular flexibility index (Phi) is 11.5. The summed E-state index contributed by atoms with van der Waals surface area (Å²) in [6.45, 7) is 7.27. The molecule has 0 radical (unpaired) electrons. The van der Waals surface area contributed by atoms with Crippen molar-refractivity contribution in [3.8, 4) is 5.75 Å². The topological polar surface area (TPSA) is 185 Å². The van der Waals surface area contributed by atoms with Crippen molar-refractivity contribution in [1.29, 1.82) is 0 Å². The van der Waals surface area contributed by atoms with Gasteiger partial charge >= 0.3 is 5.97 Å². The number of nitrogens with zero attached hydrogens (tertiary/aromatic N) is 3. The smallest absolute Gasteiger partial charge is 0.328 e. The number of fused-ring (bicyclic) bond motifs is 5. The van der Waals surface area contributed by atoms with Gasteiger partial charge in [0.2, 0.25) is 17.7 Å². The summed E-state index contributed by atoms with van der Waals surface area (Å²) in [5.74, 6) is -0.698. The average Bonchev–Trinajstić information content (AvgIpc) is 3.76. The molecule has 0 bridgehead atoms. The third-order valence-electron chi connectivity index (χ3n) is 12.4. The van der Waals surface area contributed by atoms with E-state index in [4.69, 9.17) is 4.74 Å². The molecule has 1 aromatic heterocycles. The molecule has 2 fully saturated rings. The summed E-state index contributed by atoms with van der Waals surface area (Å²) in [4.78, 5) is 52.2. The molecule has 0 spiro atoms. The van der Waals surface area contributed by atoms with Crippen LogP contribution in [0.1, 0.15) is 101 Å². The maximum atomic E-state index is 13.4. The molecule has 2 saturated carbocycles. The third-order valence-corrected chi connectivity index (χ3v) is 12.4. The second-order valence-corrected chi connectivity index (χ2v) is 16.2. The Morgan fingerprint density at radius 1 is 0.981 bits per heavy atom. The van der Waals surface area contributed by atoms with Gasteiger partial charge in [-0.2, -0.15) is 0 Å². The number of phenolic OH excluding ortho intramolecular Hbond substituents is 1. The molecule has 0 unspecified atom stereocenters. The summed E-state index contributed by atoms with van der Waals surface area (Å²) in [6.07, 6.45) is 7.28. The van der Waals surface area contributed by atoms with Crippen LogP contribution in [0.4, 0.5) is 0 Å². The SMILES string of the molecule is COC(=O)[C@H](Cc1ccccc1)NC(=O)[C@H](CC(C)C)NC(=O)CNC(=O)[C@H](C)n1cc([C@]2(O)CC[C@H]3[C@@H]4CCc5cc(O)ccc5[C@H]4CC[C@@]32C)nn1. The van der Waals surface area contributed by atoms with Gasteiger partial charge in [0.05, 0.1) is 19.9 Å². The number of ether oxygens (including phenoxy) is 1. The number of hydrogen-bond acceptors (Lipinski definition) is 9. The Morgan fingerprint density at radius 2 is 1.74 bits per heavy atom. The number of rotatable bonds is 13. The molecule has 0 aliphatic heterocycles. The van der Waals surface area contributed by atoms with Crippen molar-refractivity contribution in [1.82, 2.24) is 30.9 Å². The van der Waals surface area contributed by atoms with Crippen molar-refractivity contribution < 1.29 is 34.1 Å². The Labute approximate surface area is 316 Å². The molecule has 8 atom stereocenters. The Bertz CT molecular complexity index is 1850. The van der Waals surface area contributed by atoms with Gasteiger partial charge in [-0.15, -0.1) is 5.10 Å². The zero-order valence-electron chi connectivity index (χ0n) is 31.9. The van der Waals surface area contributed by atoms with E-state index in [2.05, 4.69) is 39.3 Å². The standard InChI is InChI=1S/C41H54N6O7/c1-24(2)19-33(38(51)44-34(39(52)54-5)20-26-9-7-6-8-10-26)43-36(49)22-42-37(50)25(3)47-23-35(45-46-47)41(53)18-16-32-31-13-11-27-21-28(48)12-14-29(27)30(31)15-17-40(32,41)4/h6-10,12,14,21,23-25,30-34,48,53H,11,13,15-20,22H2,1-5H3,(H,42,50)(H,43,49)(H,44,51)/t25-,30+,31+,32-,33-,34-,40-,41+/m0/s1. The van der Waals surface area contributed by atoms with Gasteiger partial charge in [-0.05, 0) is 104 Å². The molecule has 290 valence electrons. The van der Waals surface area contributed by atoms with Gasteiger partial charge in [0.1, 0.15) is 35.2 Å². The first-order chi connectivity index (χ1) is 25.7. The fraction of sp³-hybridized carbons (Fsp3) is 0.561. The number of nitrogens with one attached hydrogen (secondary N) is 3. The number of aromatic nitrogens is 3. The van der Waals surface area contributed by atoms with E-state index in [1.807, 2.05) is 50.2 Å². The van der Waals surface area contributed by atoms with E-state index < -0.39 is 52.8 Å².